The monoisotopic (exact) mass is 501 g/mol. The van der Waals surface area contributed by atoms with E-state index in [1.807, 2.05) is 59.9 Å². The first-order chi connectivity index (χ1) is 17.6. The Morgan fingerprint density at radius 2 is 1.75 bits per heavy atom. The Morgan fingerprint density at radius 1 is 1.06 bits per heavy atom. The Kier molecular flexibility index (Phi) is 24.7. The van der Waals surface area contributed by atoms with E-state index in [-0.39, 0.29) is 0 Å². The van der Waals surface area contributed by atoms with Gasteiger partial charge in [0.15, 0.2) is 0 Å². The van der Waals surface area contributed by atoms with Crippen LogP contribution in [0.15, 0.2) is 60.7 Å². The molecule has 2 aromatic heterocycles. The fourth-order valence-corrected chi connectivity index (χ4v) is 2.66. The Labute approximate surface area is 218 Å². The average molecular weight is 502 g/mol. The molecule has 7 heteroatoms. The van der Waals surface area contributed by atoms with Crippen LogP contribution in [0.3, 0.4) is 0 Å². The second kappa shape index (κ2) is 25.2. The van der Waals surface area contributed by atoms with Crippen LogP contribution in [0.1, 0.15) is 72.7 Å². The highest BCUT2D eigenvalue weighted by Gasteiger charge is 1.99. The van der Waals surface area contributed by atoms with E-state index in [4.69, 9.17) is 5.11 Å². The Morgan fingerprint density at radius 3 is 2.22 bits per heavy atom. The molecule has 1 atom stereocenters. The summed E-state index contributed by atoms with van der Waals surface area (Å²) in [6.07, 6.45) is 15.1. The summed E-state index contributed by atoms with van der Waals surface area (Å²) >= 11 is 0. The second-order valence-electron chi connectivity index (χ2n) is 6.99. The summed E-state index contributed by atoms with van der Waals surface area (Å²) in [5.74, 6) is 0. The number of aliphatic hydroxyl groups excluding tert-OH is 1. The maximum atomic E-state index is 12.6. The zero-order valence-corrected chi connectivity index (χ0v) is 23.6. The highest BCUT2D eigenvalue weighted by molar-refractivity contribution is 5.61. The molecule has 2 aromatic rings. The number of nitrogens with one attached hydrogen (secondary N) is 2. The standard InChI is InChI=1S/C19H21FN4.C6H15NO.2C2H6/c1-3-15(11-20)5-7-19-8-6-16(12-22-19)17-13-21-18(4-2)9-10-23-24-14-17;1-3-6(7-2)4-5-8;2*1-2/h3,5-10,12-14,23H,4,11H2,1-2H3;6-8H,3-5H2,1-2H3;2*1-2H3/b7-5-,10-9?,15-3+,17-13?,21-18?,24-14?;;;. The highest BCUT2D eigenvalue weighted by Crippen LogP contribution is 2.16. The van der Waals surface area contributed by atoms with E-state index in [1.54, 1.807) is 43.0 Å². The number of H-pyrrole nitrogens is 1. The fourth-order valence-electron chi connectivity index (χ4n) is 2.66. The number of aromatic nitrogens is 4. The van der Waals surface area contributed by atoms with Gasteiger partial charge in [0.05, 0.1) is 11.9 Å². The van der Waals surface area contributed by atoms with Gasteiger partial charge in [0, 0.05) is 48.1 Å². The van der Waals surface area contributed by atoms with E-state index in [1.165, 1.54) is 0 Å². The average Bonchev–Trinajstić information content (AvgIpc) is 3.07. The maximum Gasteiger partial charge on any atom is 0.114 e. The number of alkyl halides is 1. The van der Waals surface area contributed by atoms with Crippen LogP contribution < -0.4 is 5.32 Å². The molecule has 6 nitrogen and oxygen atoms in total. The molecule has 0 radical (unpaired) electrons. The van der Waals surface area contributed by atoms with Crippen molar-refractivity contribution in [3.8, 4) is 11.1 Å². The molecule has 0 amide bonds. The minimum Gasteiger partial charge on any atom is -0.396 e. The molecule has 2 heterocycles. The van der Waals surface area contributed by atoms with Crippen molar-refractivity contribution in [1.29, 1.82) is 0 Å². The first-order valence-electron chi connectivity index (χ1n) is 13.0. The molecule has 1 unspecified atom stereocenters. The quantitative estimate of drug-likeness (QED) is 0.325. The van der Waals surface area contributed by atoms with Gasteiger partial charge in [-0.05, 0) is 57.0 Å². The predicted molar refractivity (Wildman–Crippen MR) is 153 cm³/mol. The molecule has 0 aliphatic heterocycles. The molecule has 0 saturated carbocycles. The SMILES string of the molecule is C/C=C(\C=C/c1ccc(-c2cn[nH]ccc(CC)nc2)cn1)CF.CC.CC.CCC(CCO)NC. The van der Waals surface area contributed by atoms with Crippen LogP contribution in [-0.4, -0.2) is 51.6 Å². The molecule has 0 aliphatic carbocycles. The lowest BCUT2D eigenvalue weighted by Crippen LogP contribution is -2.24. The first-order valence-corrected chi connectivity index (χ1v) is 13.0. The summed E-state index contributed by atoms with van der Waals surface area (Å²) in [5.41, 5.74) is 4.13. The van der Waals surface area contributed by atoms with Gasteiger partial charge in [-0.25, -0.2) is 4.39 Å². The van der Waals surface area contributed by atoms with Gasteiger partial charge in [-0.15, -0.1) is 0 Å². The van der Waals surface area contributed by atoms with Crippen LogP contribution in [0.5, 0.6) is 0 Å². The first kappa shape index (κ1) is 35.3. The molecule has 0 spiro atoms. The molecule has 202 valence electrons. The predicted octanol–water partition coefficient (Wildman–Crippen LogP) is 6.90. The van der Waals surface area contributed by atoms with E-state index in [9.17, 15) is 4.39 Å². The van der Waals surface area contributed by atoms with Crippen molar-refractivity contribution >= 4 is 6.08 Å². The van der Waals surface area contributed by atoms with E-state index in [0.29, 0.717) is 18.2 Å². The van der Waals surface area contributed by atoms with Crippen molar-refractivity contribution in [2.75, 3.05) is 20.3 Å². The number of rotatable bonds is 9. The summed E-state index contributed by atoms with van der Waals surface area (Å²) in [5, 5.41) is 18.5. The number of aromatic amines is 1. The molecular formula is C29H48FN5O. The van der Waals surface area contributed by atoms with Gasteiger partial charge in [-0.3, -0.25) is 15.1 Å². The zero-order chi connectivity index (χ0) is 27.6. The number of hydrogen-bond donors (Lipinski definition) is 3. The number of aliphatic hydroxyl groups is 1. The number of hydrogen-bond acceptors (Lipinski definition) is 5. The van der Waals surface area contributed by atoms with E-state index >= 15 is 0 Å². The van der Waals surface area contributed by atoms with Gasteiger partial charge in [-0.1, -0.05) is 59.8 Å². The van der Waals surface area contributed by atoms with Crippen molar-refractivity contribution in [3.63, 3.8) is 0 Å². The summed E-state index contributed by atoms with van der Waals surface area (Å²) < 4.78 is 12.6. The van der Waals surface area contributed by atoms with Gasteiger partial charge >= 0.3 is 0 Å². The van der Waals surface area contributed by atoms with Crippen LogP contribution in [0.25, 0.3) is 17.2 Å². The largest absolute Gasteiger partial charge is 0.396 e. The van der Waals surface area contributed by atoms with E-state index in [0.717, 1.165) is 41.8 Å². The van der Waals surface area contributed by atoms with E-state index in [2.05, 4.69) is 39.3 Å². The highest BCUT2D eigenvalue weighted by atomic mass is 19.1. The Hall–Kier alpha value is -2.90. The third kappa shape index (κ3) is 15.9. The van der Waals surface area contributed by atoms with Crippen molar-refractivity contribution in [2.45, 2.75) is 73.8 Å². The number of pyridine rings is 1. The summed E-state index contributed by atoms with van der Waals surface area (Å²) in [7, 11) is 1.92. The van der Waals surface area contributed by atoms with Crippen molar-refractivity contribution in [2.24, 2.45) is 0 Å². The summed E-state index contributed by atoms with van der Waals surface area (Å²) in [6.45, 7) is 13.8. The van der Waals surface area contributed by atoms with Crippen molar-refractivity contribution in [3.05, 3.63) is 72.1 Å². The van der Waals surface area contributed by atoms with Gasteiger partial charge in [-0.2, -0.15) is 5.10 Å². The lowest BCUT2D eigenvalue weighted by molar-refractivity contribution is 0.266. The second-order valence-corrected chi connectivity index (χ2v) is 6.99. The molecular weight excluding hydrogens is 453 g/mol. The van der Waals surface area contributed by atoms with Gasteiger partial charge < -0.3 is 10.4 Å². The molecule has 0 bridgehead atoms. The molecule has 36 heavy (non-hydrogen) atoms. The third-order valence-corrected chi connectivity index (χ3v) is 4.85. The van der Waals surface area contributed by atoms with Crippen LogP contribution in [0.2, 0.25) is 0 Å². The lowest BCUT2D eigenvalue weighted by atomic mass is 10.1. The van der Waals surface area contributed by atoms with Crippen molar-refractivity contribution in [1.82, 2.24) is 25.5 Å². The maximum absolute atomic E-state index is 12.6. The van der Waals surface area contributed by atoms with Crippen LogP contribution in [-0.2, 0) is 6.42 Å². The molecule has 0 fully saturated rings. The third-order valence-electron chi connectivity index (χ3n) is 4.85. The topological polar surface area (TPSA) is 86.7 Å². The molecule has 0 saturated heterocycles. The fraction of sp³-hybridized carbons (Fsp3) is 0.483. The van der Waals surface area contributed by atoms with Gasteiger partial charge in [0.2, 0.25) is 0 Å². The summed E-state index contributed by atoms with van der Waals surface area (Å²) in [6, 6.07) is 6.23. The van der Waals surface area contributed by atoms with Gasteiger partial charge in [0.1, 0.15) is 6.67 Å². The Balaban J connectivity index is 0. The Bertz CT molecular complexity index is 873. The minimum atomic E-state index is -0.479. The van der Waals surface area contributed by atoms with Crippen LogP contribution in [0.4, 0.5) is 4.39 Å². The number of nitrogens with zero attached hydrogens (tertiary/aromatic N) is 3. The van der Waals surface area contributed by atoms with Gasteiger partial charge in [0.25, 0.3) is 0 Å². The van der Waals surface area contributed by atoms with Crippen molar-refractivity contribution < 1.29 is 9.50 Å². The molecule has 2 rings (SSSR count). The molecule has 0 aromatic carbocycles. The van der Waals surface area contributed by atoms with Crippen LogP contribution >= 0.6 is 0 Å². The number of aryl methyl sites for hydroxylation is 1. The van der Waals surface area contributed by atoms with Crippen LogP contribution in [0, 0.1) is 0 Å². The minimum absolute atomic E-state index is 0.291. The summed E-state index contributed by atoms with van der Waals surface area (Å²) in [4.78, 5) is 8.86. The number of halogens is 1. The zero-order valence-electron chi connectivity index (χ0n) is 23.6. The van der Waals surface area contributed by atoms with E-state index < -0.39 is 6.67 Å². The lowest BCUT2D eigenvalue weighted by Gasteiger charge is -2.10. The molecule has 0 aliphatic rings. The number of allylic oxidation sites excluding steroid dienone is 3. The molecule has 3 N–H and O–H groups in total. The smallest absolute Gasteiger partial charge is 0.114 e. The normalized spacial score (nSPS) is 11.1.